The first-order valence-corrected chi connectivity index (χ1v) is 8.93. The van der Waals surface area contributed by atoms with Crippen molar-refractivity contribution < 1.29 is 0 Å². The fraction of sp³-hybridized carbons (Fsp3) is 0.625. The Bertz CT molecular complexity index is 595. The standard InChI is InChI=1S/C16H24N4S/c1-3-9-17-16-18-14(13-8-11-21-15(13)19-16)20-10-6-4-5-7-12(20)2/h8,11-12H,3-7,9-10H2,1-2H3,(H,17,18,19). The van der Waals surface area contributed by atoms with E-state index < -0.39 is 0 Å². The Morgan fingerprint density at radius 2 is 2.24 bits per heavy atom. The lowest BCUT2D eigenvalue weighted by Gasteiger charge is -2.29. The fourth-order valence-corrected chi connectivity index (χ4v) is 3.72. The molecule has 1 aliphatic rings. The molecule has 1 fully saturated rings. The highest BCUT2D eigenvalue weighted by Crippen LogP contribution is 2.32. The van der Waals surface area contributed by atoms with Crippen LogP contribution in [0.4, 0.5) is 11.8 Å². The minimum absolute atomic E-state index is 0.560. The van der Waals surface area contributed by atoms with Crippen LogP contribution in [-0.2, 0) is 0 Å². The molecule has 4 nitrogen and oxygen atoms in total. The minimum atomic E-state index is 0.560. The number of aromatic nitrogens is 2. The zero-order valence-electron chi connectivity index (χ0n) is 12.9. The maximum absolute atomic E-state index is 4.84. The van der Waals surface area contributed by atoms with Gasteiger partial charge in [-0.25, -0.2) is 4.98 Å². The van der Waals surface area contributed by atoms with E-state index in [1.54, 1.807) is 11.3 Å². The van der Waals surface area contributed by atoms with Crippen LogP contribution >= 0.6 is 11.3 Å². The van der Waals surface area contributed by atoms with Crippen LogP contribution in [0.3, 0.4) is 0 Å². The Hall–Kier alpha value is -1.36. The third-order valence-corrected chi connectivity index (χ3v) is 4.97. The molecule has 0 spiro atoms. The van der Waals surface area contributed by atoms with Gasteiger partial charge in [-0.2, -0.15) is 4.98 Å². The van der Waals surface area contributed by atoms with Crippen molar-refractivity contribution in [2.45, 2.75) is 52.0 Å². The average Bonchev–Trinajstić information content (AvgIpc) is 2.86. The first-order valence-electron chi connectivity index (χ1n) is 8.05. The molecule has 2 aromatic rings. The number of hydrogen-bond acceptors (Lipinski definition) is 5. The van der Waals surface area contributed by atoms with E-state index in [9.17, 15) is 0 Å². The molecule has 5 heteroatoms. The van der Waals surface area contributed by atoms with Gasteiger partial charge in [0.15, 0.2) is 0 Å². The minimum Gasteiger partial charge on any atom is -0.354 e. The van der Waals surface area contributed by atoms with Crippen molar-refractivity contribution in [3.05, 3.63) is 11.4 Å². The van der Waals surface area contributed by atoms with E-state index >= 15 is 0 Å². The Morgan fingerprint density at radius 3 is 3.10 bits per heavy atom. The topological polar surface area (TPSA) is 41.1 Å². The molecule has 0 aromatic carbocycles. The third kappa shape index (κ3) is 3.12. The molecule has 1 N–H and O–H groups in total. The van der Waals surface area contributed by atoms with Gasteiger partial charge in [0.2, 0.25) is 5.95 Å². The zero-order valence-corrected chi connectivity index (χ0v) is 13.7. The van der Waals surface area contributed by atoms with Gasteiger partial charge in [0.25, 0.3) is 0 Å². The van der Waals surface area contributed by atoms with Crippen LogP contribution in [0.5, 0.6) is 0 Å². The SMILES string of the molecule is CCCNc1nc(N2CCCCCC2C)c2ccsc2n1. The van der Waals surface area contributed by atoms with Crippen molar-refractivity contribution in [3.8, 4) is 0 Å². The molecular weight excluding hydrogens is 280 g/mol. The van der Waals surface area contributed by atoms with Gasteiger partial charge in [0.05, 0.1) is 5.39 Å². The molecule has 1 unspecified atom stereocenters. The van der Waals surface area contributed by atoms with E-state index in [4.69, 9.17) is 4.98 Å². The zero-order chi connectivity index (χ0) is 14.7. The summed E-state index contributed by atoms with van der Waals surface area (Å²) in [5.74, 6) is 1.90. The number of fused-ring (bicyclic) bond motifs is 1. The number of rotatable bonds is 4. The molecule has 21 heavy (non-hydrogen) atoms. The van der Waals surface area contributed by atoms with Gasteiger partial charge in [-0.05, 0) is 37.6 Å². The largest absolute Gasteiger partial charge is 0.354 e. The van der Waals surface area contributed by atoms with Crippen molar-refractivity contribution in [1.29, 1.82) is 0 Å². The number of nitrogens with one attached hydrogen (secondary N) is 1. The third-order valence-electron chi connectivity index (χ3n) is 4.16. The van der Waals surface area contributed by atoms with Gasteiger partial charge >= 0.3 is 0 Å². The highest BCUT2D eigenvalue weighted by atomic mass is 32.1. The van der Waals surface area contributed by atoms with E-state index in [1.807, 2.05) is 0 Å². The molecule has 0 bridgehead atoms. The first-order chi connectivity index (χ1) is 10.3. The monoisotopic (exact) mass is 304 g/mol. The Labute approximate surface area is 130 Å². The first kappa shape index (κ1) is 14.6. The summed E-state index contributed by atoms with van der Waals surface area (Å²) >= 11 is 1.70. The summed E-state index contributed by atoms with van der Waals surface area (Å²) in [7, 11) is 0. The number of hydrogen-bond donors (Lipinski definition) is 1. The summed E-state index contributed by atoms with van der Waals surface area (Å²) in [6.45, 7) is 6.52. The quantitative estimate of drug-likeness (QED) is 0.915. The summed E-state index contributed by atoms with van der Waals surface area (Å²) in [4.78, 5) is 13.1. The van der Waals surface area contributed by atoms with E-state index in [0.29, 0.717) is 6.04 Å². The Kier molecular flexibility index (Phi) is 4.58. The van der Waals surface area contributed by atoms with Crippen LogP contribution in [0.15, 0.2) is 11.4 Å². The van der Waals surface area contributed by atoms with Gasteiger partial charge in [-0.15, -0.1) is 11.3 Å². The van der Waals surface area contributed by atoms with Crippen molar-refractivity contribution in [2.75, 3.05) is 23.3 Å². The lowest BCUT2D eigenvalue weighted by Crippen LogP contribution is -2.33. The van der Waals surface area contributed by atoms with E-state index in [-0.39, 0.29) is 0 Å². The molecule has 1 saturated heterocycles. The smallest absolute Gasteiger partial charge is 0.226 e. The van der Waals surface area contributed by atoms with Gasteiger partial charge in [0, 0.05) is 19.1 Å². The van der Waals surface area contributed by atoms with E-state index in [0.717, 1.165) is 36.1 Å². The van der Waals surface area contributed by atoms with E-state index in [1.165, 1.54) is 31.1 Å². The van der Waals surface area contributed by atoms with Gasteiger partial charge < -0.3 is 10.2 Å². The van der Waals surface area contributed by atoms with Crippen LogP contribution in [0, 0.1) is 0 Å². The highest BCUT2D eigenvalue weighted by Gasteiger charge is 2.21. The van der Waals surface area contributed by atoms with Crippen LogP contribution < -0.4 is 10.2 Å². The number of thiophene rings is 1. The molecule has 0 amide bonds. The summed E-state index contributed by atoms with van der Waals surface area (Å²) in [5, 5.41) is 6.67. The Balaban J connectivity index is 2.00. The highest BCUT2D eigenvalue weighted by molar-refractivity contribution is 7.16. The normalized spacial score (nSPS) is 19.7. The van der Waals surface area contributed by atoms with Crippen molar-refractivity contribution >= 4 is 33.3 Å². The summed E-state index contributed by atoms with van der Waals surface area (Å²) in [6.07, 6.45) is 6.27. The van der Waals surface area contributed by atoms with E-state index in [2.05, 4.69) is 40.5 Å². The molecule has 0 aliphatic carbocycles. The molecule has 3 heterocycles. The average molecular weight is 304 g/mol. The van der Waals surface area contributed by atoms with Crippen molar-refractivity contribution in [1.82, 2.24) is 9.97 Å². The molecule has 3 rings (SSSR count). The predicted octanol–water partition coefficient (Wildman–Crippen LogP) is 4.28. The lowest BCUT2D eigenvalue weighted by molar-refractivity contribution is 0.612. The molecule has 1 aliphatic heterocycles. The molecule has 0 radical (unpaired) electrons. The predicted molar refractivity (Wildman–Crippen MR) is 91.5 cm³/mol. The lowest BCUT2D eigenvalue weighted by atomic mass is 10.1. The Morgan fingerprint density at radius 1 is 1.33 bits per heavy atom. The maximum Gasteiger partial charge on any atom is 0.226 e. The summed E-state index contributed by atoms with van der Waals surface area (Å²) in [6, 6.07) is 2.72. The van der Waals surface area contributed by atoms with Crippen molar-refractivity contribution in [3.63, 3.8) is 0 Å². The summed E-state index contributed by atoms with van der Waals surface area (Å²) in [5.41, 5.74) is 0. The summed E-state index contributed by atoms with van der Waals surface area (Å²) < 4.78 is 0. The van der Waals surface area contributed by atoms with Crippen LogP contribution in [0.1, 0.15) is 46.0 Å². The molecular formula is C16H24N4S. The van der Waals surface area contributed by atoms with Gasteiger partial charge in [-0.3, -0.25) is 0 Å². The number of anilines is 2. The number of nitrogens with zero attached hydrogens (tertiary/aromatic N) is 3. The molecule has 0 saturated carbocycles. The maximum atomic E-state index is 4.84. The molecule has 2 aromatic heterocycles. The molecule has 114 valence electrons. The van der Waals surface area contributed by atoms with Crippen molar-refractivity contribution in [2.24, 2.45) is 0 Å². The van der Waals surface area contributed by atoms with Crippen LogP contribution in [0.2, 0.25) is 0 Å². The fourth-order valence-electron chi connectivity index (χ4n) is 2.96. The van der Waals surface area contributed by atoms with Crippen LogP contribution in [0.25, 0.3) is 10.2 Å². The second-order valence-electron chi connectivity index (χ2n) is 5.83. The van der Waals surface area contributed by atoms with Crippen LogP contribution in [-0.4, -0.2) is 29.1 Å². The van der Waals surface area contributed by atoms with Gasteiger partial charge in [0.1, 0.15) is 10.6 Å². The van der Waals surface area contributed by atoms with Gasteiger partial charge in [-0.1, -0.05) is 19.8 Å². The molecule has 1 atom stereocenters. The second-order valence-corrected chi connectivity index (χ2v) is 6.72. The second kappa shape index (κ2) is 6.60.